The molecule has 3 aromatic rings. The number of cyclic esters (lactones) is 1. The molecule has 212 valence electrons. The third-order valence-corrected chi connectivity index (χ3v) is 8.66. The van der Waals surface area contributed by atoms with Crippen LogP contribution < -0.4 is 10.9 Å². The van der Waals surface area contributed by atoms with Gasteiger partial charge in [0, 0.05) is 42.3 Å². The summed E-state index contributed by atoms with van der Waals surface area (Å²) in [5.74, 6) is -2.68. The van der Waals surface area contributed by atoms with Crippen LogP contribution in [-0.2, 0) is 53.8 Å². The summed E-state index contributed by atoms with van der Waals surface area (Å²) in [6.45, 7) is 5.73. The molecule has 0 saturated heterocycles. The van der Waals surface area contributed by atoms with Gasteiger partial charge in [-0.1, -0.05) is 6.92 Å². The first-order chi connectivity index (χ1) is 19.5. The molecule has 4 heterocycles. The minimum Gasteiger partial charge on any atom is -0.457 e. The molecule has 2 aromatic heterocycles. The van der Waals surface area contributed by atoms with E-state index in [4.69, 9.17) is 14.5 Å². The Hall–Kier alpha value is -4.41. The van der Waals surface area contributed by atoms with E-state index in [0.717, 1.165) is 16.5 Å². The molecule has 3 aliphatic rings. The van der Waals surface area contributed by atoms with Crippen molar-refractivity contribution in [3.05, 3.63) is 61.7 Å². The van der Waals surface area contributed by atoms with E-state index in [0.29, 0.717) is 47.2 Å². The summed E-state index contributed by atoms with van der Waals surface area (Å²) in [5, 5.41) is 3.46. The van der Waals surface area contributed by atoms with Crippen molar-refractivity contribution in [2.75, 3.05) is 0 Å². The van der Waals surface area contributed by atoms with Crippen LogP contribution in [0.4, 0.5) is 4.39 Å². The number of halogens is 1. The average molecular weight is 562 g/mol. The van der Waals surface area contributed by atoms with E-state index in [9.17, 15) is 24.0 Å². The molecule has 0 unspecified atom stereocenters. The number of nitrogens with one attached hydrogen (secondary N) is 1. The second-order valence-electron chi connectivity index (χ2n) is 10.9. The van der Waals surface area contributed by atoms with E-state index < -0.39 is 40.9 Å². The fraction of sp³-hybridized carbons (Fsp3) is 0.400. The molecule has 0 spiro atoms. The fourth-order valence-corrected chi connectivity index (χ4v) is 6.82. The number of rotatable bonds is 5. The van der Waals surface area contributed by atoms with Gasteiger partial charge in [-0.05, 0) is 48.9 Å². The molecule has 41 heavy (non-hydrogen) atoms. The lowest BCUT2D eigenvalue weighted by Gasteiger charge is -2.35. The zero-order chi connectivity index (χ0) is 29.4. The first-order valence-corrected chi connectivity index (χ1v) is 13.5. The molecule has 1 aliphatic carbocycles. The molecular formula is C30H28FN3O7. The van der Waals surface area contributed by atoms with E-state index in [1.54, 1.807) is 19.9 Å². The number of esters is 2. The number of benzene rings is 1. The summed E-state index contributed by atoms with van der Waals surface area (Å²) in [6.07, 6.45) is 1.71. The van der Waals surface area contributed by atoms with Crippen molar-refractivity contribution in [2.24, 2.45) is 0 Å². The van der Waals surface area contributed by atoms with Gasteiger partial charge in [0.1, 0.15) is 18.7 Å². The number of nitrogens with zero attached hydrogens (tertiary/aromatic N) is 2. The molecular weight excluding hydrogens is 533 g/mol. The molecule has 0 saturated carbocycles. The summed E-state index contributed by atoms with van der Waals surface area (Å²) in [4.78, 5) is 68.0. The summed E-state index contributed by atoms with van der Waals surface area (Å²) in [6, 6.07) is 2.15. The SMILES string of the molecule is CC[C@@]1(OC(C)=O)C(=O)OCc2c1cc1n(c2=O)Cc2c-1nc1cc(F)c(C)c3c1c2[C@@H]([C@H](C=O)NC(C)=O)CC3. The molecule has 1 N–H and O–H groups in total. The number of aryl methyl sites for hydroxylation is 1. The maximum absolute atomic E-state index is 15.1. The molecule has 11 heteroatoms. The number of fused-ring (bicyclic) bond motifs is 5. The van der Waals surface area contributed by atoms with Crippen molar-refractivity contribution < 1.29 is 33.0 Å². The largest absolute Gasteiger partial charge is 0.457 e. The lowest BCUT2D eigenvalue weighted by atomic mass is 9.75. The molecule has 1 amide bonds. The van der Waals surface area contributed by atoms with Crippen LogP contribution in [0.15, 0.2) is 16.9 Å². The van der Waals surface area contributed by atoms with Crippen molar-refractivity contribution >= 4 is 35.0 Å². The number of amides is 1. The topological polar surface area (TPSA) is 134 Å². The molecule has 0 fully saturated rings. The first kappa shape index (κ1) is 26.8. The monoisotopic (exact) mass is 561 g/mol. The lowest BCUT2D eigenvalue weighted by molar-refractivity contribution is -0.188. The van der Waals surface area contributed by atoms with Crippen molar-refractivity contribution in [1.29, 1.82) is 0 Å². The van der Waals surface area contributed by atoms with E-state index in [1.165, 1.54) is 24.5 Å². The number of hydrogen-bond donors (Lipinski definition) is 1. The molecule has 10 nitrogen and oxygen atoms in total. The van der Waals surface area contributed by atoms with Crippen LogP contribution in [0.2, 0.25) is 0 Å². The van der Waals surface area contributed by atoms with Crippen LogP contribution >= 0.6 is 0 Å². The van der Waals surface area contributed by atoms with Crippen LogP contribution in [0.3, 0.4) is 0 Å². The predicted molar refractivity (Wildman–Crippen MR) is 143 cm³/mol. The molecule has 6 rings (SSSR count). The Morgan fingerprint density at radius 3 is 2.68 bits per heavy atom. The lowest BCUT2D eigenvalue weighted by Crippen LogP contribution is -2.47. The third-order valence-electron chi connectivity index (χ3n) is 8.66. The molecule has 1 aromatic carbocycles. The second kappa shape index (κ2) is 9.32. The number of aromatic nitrogens is 2. The summed E-state index contributed by atoms with van der Waals surface area (Å²) >= 11 is 0. The van der Waals surface area contributed by atoms with Gasteiger partial charge >= 0.3 is 11.9 Å². The van der Waals surface area contributed by atoms with Crippen LogP contribution in [-0.4, -0.2) is 39.7 Å². The van der Waals surface area contributed by atoms with Crippen molar-refractivity contribution in [2.45, 2.75) is 77.7 Å². The number of hydrogen-bond acceptors (Lipinski definition) is 8. The predicted octanol–water partition coefficient (Wildman–Crippen LogP) is 2.83. The molecule has 3 atom stereocenters. The minimum atomic E-state index is -1.80. The van der Waals surface area contributed by atoms with Gasteiger partial charge in [-0.2, -0.15) is 0 Å². The zero-order valence-corrected chi connectivity index (χ0v) is 23.1. The molecule has 2 aliphatic heterocycles. The normalized spacial score (nSPS) is 20.9. The minimum absolute atomic E-state index is 0.0399. The standard InChI is InChI=1S/C30H28FN3O7/c1-5-30(41-15(4)37)20-8-24-27-18(10-34(24)28(38)19(20)12-40-29(30)39)25-17(23(11-35)32-14(3)36)7-6-16-13(2)21(31)9-22(33-27)26(16)25/h8-9,11,17,23H,5-7,10,12H2,1-4H3,(H,32,36)/t17-,23+,30+/m1/s1. The maximum Gasteiger partial charge on any atom is 0.355 e. The highest BCUT2D eigenvalue weighted by Crippen LogP contribution is 2.47. The van der Waals surface area contributed by atoms with E-state index in [-0.39, 0.29) is 36.6 Å². The van der Waals surface area contributed by atoms with Crippen LogP contribution in [0.5, 0.6) is 0 Å². The Morgan fingerprint density at radius 2 is 2.02 bits per heavy atom. The number of aldehydes is 1. The van der Waals surface area contributed by atoms with Gasteiger partial charge in [-0.25, -0.2) is 14.2 Å². The maximum atomic E-state index is 15.1. The summed E-state index contributed by atoms with van der Waals surface area (Å²) < 4.78 is 27.5. The zero-order valence-electron chi connectivity index (χ0n) is 23.1. The van der Waals surface area contributed by atoms with Gasteiger partial charge in [-0.15, -0.1) is 0 Å². The fourth-order valence-electron chi connectivity index (χ4n) is 6.82. The van der Waals surface area contributed by atoms with Gasteiger partial charge in [0.15, 0.2) is 0 Å². The first-order valence-electron chi connectivity index (χ1n) is 13.5. The van der Waals surface area contributed by atoms with E-state index >= 15 is 4.39 Å². The van der Waals surface area contributed by atoms with Gasteiger partial charge < -0.3 is 24.2 Å². The van der Waals surface area contributed by atoms with E-state index in [2.05, 4.69) is 5.32 Å². The molecule has 0 bridgehead atoms. The molecule has 0 radical (unpaired) electrons. The Bertz CT molecular complexity index is 1780. The van der Waals surface area contributed by atoms with Gasteiger partial charge in [-0.3, -0.25) is 14.4 Å². The highest BCUT2D eigenvalue weighted by atomic mass is 19.1. The van der Waals surface area contributed by atoms with Crippen molar-refractivity contribution in [1.82, 2.24) is 14.9 Å². The van der Waals surface area contributed by atoms with E-state index in [1.807, 2.05) is 0 Å². The van der Waals surface area contributed by atoms with Crippen LogP contribution in [0.25, 0.3) is 22.3 Å². The third kappa shape index (κ3) is 3.74. The quantitative estimate of drug-likeness (QED) is 0.291. The Morgan fingerprint density at radius 1 is 1.27 bits per heavy atom. The Kier molecular flexibility index (Phi) is 6.09. The number of pyridine rings is 2. The van der Waals surface area contributed by atoms with Gasteiger partial charge in [0.25, 0.3) is 5.56 Å². The second-order valence-corrected chi connectivity index (χ2v) is 10.9. The van der Waals surface area contributed by atoms with Gasteiger partial charge in [0.05, 0.1) is 35.1 Å². The summed E-state index contributed by atoms with van der Waals surface area (Å²) in [7, 11) is 0. The highest BCUT2D eigenvalue weighted by Gasteiger charge is 2.50. The van der Waals surface area contributed by atoms with Gasteiger partial charge in [0.2, 0.25) is 11.5 Å². The Balaban J connectivity index is 1.66. The van der Waals surface area contributed by atoms with Crippen LogP contribution in [0, 0.1) is 12.7 Å². The summed E-state index contributed by atoms with van der Waals surface area (Å²) in [5.41, 5.74) is 2.10. The smallest absolute Gasteiger partial charge is 0.355 e. The number of carbonyl (C=O) groups is 4. The average Bonchev–Trinajstić information content (AvgIpc) is 3.30. The number of carbonyl (C=O) groups excluding carboxylic acids is 4. The van der Waals surface area contributed by atoms with Crippen molar-refractivity contribution in [3.63, 3.8) is 0 Å². The van der Waals surface area contributed by atoms with Crippen LogP contribution in [0.1, 0.15) is 72.9 Å². The number of ether oxygens (including phenoxy) is 2. The van der Waals surface area contributed by atoms with Crippen molar-refractivity contribution in [3.8, 4) is 11.4 Å². The highest BCUT2D eigenvalue weighted by molar-refractivity contribution is 5.94. The Labute approximate surface area is 233 Å².